The lowest BCUT2D eigenvalue weighted by molar-refractivity contribution is -0.158. The van der Waals surface area contributed by atoms with E-state index in [2.05, 4.69) is 20.3 Å². The Bertz CT molecular complexity index is 1560. The quantitative estimate of drug-likeness (QED) is 0.0870. The molecule has 3 aromatic rings. The van der Waals surface area contributed by atoms with Gasteiger partial charge in [-0.25, -0.2) is 9.36 Å². The standard InChI is InChI=1S/C25H33N6O12P/c1-15(32)40-13-19(43-16(2)33)14-42-44(36,37)41-9-8-27-23(34)18-6-4-17(5-7-18)12-31-22-20(28-25(31)35)21(26)29-24(30-22)39-11-10-38-3/h4-7,19H,8-14H2,1-3H3,(H,27,34)(H,28,35)(H,36,37)(H2,26,29,30)/t19-/m1/s1. The number of phosphoric ester groups is 1. The highest BCUT2D eigenvalue weighted by Gasteiger charge is 2.25. The van der Waals surface area contributed by atoms with E-state index in [1.807, 2.05) is 0 Å². The fourth-order valence-corrected chi connectivity index (χ4v) is 4.36. The van der Waals surface area contributed by atoms with Crippen molar-refractivity contribution in [2.45, 2.75) is 26.5 Å². The highest BCUT2D eigenvalue weighted by molar-refractivity contribution is 7.47. The number of nitrogens with zero attached hydrogens (tertiary/aromatic N) is 3. The molecule has 240 valence electrons. The topological polar surface area (TPSA) is 246 Å². The summed E-state index contributed by atoms with van der Waals surface area (Å²) in [7, 11) is -3.06. The number of nitrogens with two attached hydrogens (primary N) is 1. The first-order valence-corrected chi connectivity index (χ1v) is 14.6. The van der Waals surface area contributed by atoms with Crippen LogP contribution in [0, 0.1) is 0 Å². The number of carbonyl (C=O) groups excluding carboxylic acids is 3. The van der Waals surface area contributed by atoms with Crippen LogP contribution in [0.3, 0.4) is 0 Å². The van der Waals surface area contributed by atoms with Gasteiger partial charge in [-0.2, -0.15) is 9.97 Å². The molecule has 0 aliphatic heterocycles. The first-order valence-electron chi connectivity index (χ1n) is 13.1. The number of phosphoric acid groups is 1. The average Bonchev–Trinajstić information content (AvgIpc) is 3.28. The van der Waals surface area contributed by atoms with E-state index in [1.165, 1.54) is 23.8 Å². The molecule has 1 aromatic carbocycles. The van der Waals surface area contributed by atoms with Crippen molar-refractivity contribution in [3.8, 4) is 6.01 Å². The van der Waals surface area contributed by atoms with Crippen LogP contribution in [-0.2, 0) is 44.0 Å². The van der Waals surface area contributed by atoms with Crippen molar-refractivity contribution in [1.82, 2.24) is 24.8 Å². The molecule has 0 spiro atoms. The summed E-state index contributed by atoms with van der Waals surface area (Å²) in [6.07, 6.45) is -1.12. The molecular formula is C25H33N6O12P. The Balaban J connectivity index is 1.52. The summed E-state index contributed by atoms with van der Waals surface area (Å²) >= 11 is 0. The van der Waals surface area contributed by atoms with Crippen molar-refractivity contribution in [2.75, 3.05) is 52.4 Å². The second-order valence-electron chi connectivity index (χ2n) is 9.03. The zero-order chi connectivity index (χ0) is 32.3. The van der Waals surface area contributed by atoms with Gasteiger partial charge in [0, 0.05) is 33.1 Å². The van der Waals surface area contributed by atoms with Crippen LogP contribution in [0.1, 0.15) is 29.8 Å². The SMILES string of the molecule is COCCOc1nc(N)c2[nH]c(=O)n(Cc3ccc(C(=O)NCCOP(=O)(O)OC[C@@H](COC(C)=O)OC(C)=O)cc3)c2n1. The van der Waals surface area contributed by atoms with Crippen molar-refractivity contribution in [3.63, 3.8) is 0 Å². The summed E-state index contributed by atoms with van der Waals surface area (Å²) in [5.74, 6) is -1.79. The van der Waals surface area contributed by atoms with Crippen molar-refractivity contribution in [2.24, 2.45) is 0 Å². The smallest absolute Gasteiger partial charge is 0.462 e. The molecule has 18 nitrogen and oxygen atoms in total. The summed E-state index contributed by atoms with van der Waals surface area (Å²) in [5.41, 5.74) is 6.95. The second kappa shape index (κ2) is 15.9. The third-order valence-electron chi connectivity index (χ3n) is 5.58. The molecule has 0 radical (unpaired) electrons. The summed E-state index contributed by atoms with van der Waals surface area (Å²) in [4.78, 5) is 68.0. The summed E-state index contributed by atoms with van der Waals surface area (Å²) in [5, 5.41) is 2.53. The number of carbonyl (C=O) groups is 3. The lowest BCUT2D eigenvalue weighted by Gasteiger charge is -2.18. The fourth-order valence-electron chi connectivity index (χ4n) is 3.61. The van der Waals surface area contributed by atoms with E-state index in [1.54, 1.807) is 12.1 Å². The molecule has 3 rings (SSSR count). The van der Waals surface area contributed by atoms with Gasteiger partial charge in [0.25, 0.3) is 5.91 Å². The number of hydrogen-bond donors (Lipinski definition) is 4. The van der Waals surface area contributed by atoms with E-state index in [9.17, 15) is 28.6 Å². The van der Waals surface area contributed by atoms with E-state index in [-0.39, 0.29) is 61.5 Å². The number of H-pyrrole nitrogens is 1. The van der Waals surface area contributed by atoms with Crippen molar-refractivity contribution >= 4 is 42.7 Å². The highest BCUT2D eigenvalue weighted by atomic mass is 31.2. The van der Waals surface area contributed by atoms with Crippen molar-refractivity contribution < 1.29 is 51.8 Å². The maximum atomic E-state index is 12.6. The molecule has 0 saturated heterocycles. The molecule has 0 bridgehead atoms. The van der Waals surface area contributed by atoms with Crippen LogP contribution in [0.4, 0.5) is 5.82 Å². The molecule has 0 aliphatic rings. The number of hydrogen-bond acceptors (Lipinski definition) is 14. The lowest BCUT2D eigenvalue weighted by Crippen LogP contribution is -2.29. The van der Waals surface area contributed by atoms with Crippen LogP contribution in [0.2, 0.25) is 0 Å². The van der Waals surface area contributed by atoms with Crippen LogP contribution in [0.5, 0.6) is 6.01 Å². The van der Waals surface area contributed by atoms with Gasteiger partial charge >= 0.3 is 31.5 Å². The van der Waals surface area contributed by atoms with Crippen LogP contribution in [0.15, 0.2) is 29.1 Å². The number of nitrogens with one attached hydrogen (secondary N) is 2. The number of anilines is 1. The summed E-state index contributed by atoms with van der Waals surface area (Å²) in [6.45, 7) is 1.38. The number of amides is 1. The van der Waals surface area contributed by atoms with Crippen molar-refractivity contribution in [3.05, 3.63) is 45.9 Å². The number of esters is 2. The summed E-state index contributed by atoms with van der Waals surface area (Å²) in [6, 6.07) is 6.34. The van der Waals surface area contributed by atoms with E-state index in [4.69, 9.17) is 33.7 Å². The van der Waals surface area contributed by atoms with Gasteiger partial charge in [0.05, 0.1) is 26.4 Å². The Morgan fingerprint density at radius 2 is 1.80 bits per heavy atom. The number of rotatable bonds is 17. The Morgan fingerprint density at radius 1 is 1.07 bits per heavy atom. The van der Waals surface area contributed by atoms with Gasteiger partial charge in [0.2, 0.25) is 0 Å². The van der Waals surface area contributed by atoms with Crippen LogP contribution in [0.25, 0.3) is 11.2 Å². The molecule has 0 saturated carbocycles. The molecule has 2 heterocycles. The first kappa shape index (κ1) is 34.1. The average molecular weight is 641 g/mol. The minimum atomic E-state index is -4.58. The number of fused-ring (bicyclic) bond motifs is 1. The molecule has 19 heteroatoms. The molecule has 5 N–H and O–H groups in total. The Kier molecular flexibility index (Phi) is 12.4. The molecule has 0 fully saturated rings. The van der Waals surface area contributed by atoms with E-state index in [0.717, 1.165) is 13.8 Å². The minimum Gasteiger partial charge on any atom is -0.462 e. The molecule has 2 atom stereocenters. The van der Waals surface area contributed by atoms with Gasteiger partial charge in [-0.05, 0) is 17.7 Å². The largest absolute Gasteiger partial charge is 0.472 e. The molecule has 0 aliphatic carbocycles. The monoisotopic (exact) mass is 640 g/mol. The maximum absolute atomic E-state index is 12.6. The number of aromatic nitrogens is 4. The lowest BCUT2D eigenvalue weighted by atomic mass is 10.1. The third kappa shape index (κ3) is 10.4. The molecular weight excluding hydrogens is 607 g/mol. The molecule has 1 amide bonds. The van der Waals surface area contributed by atoms with Gasteiger partial charge in [0.1, 0.15) is 18.7 Å². The van der Waals surface area contributed by atoms with E-state index < -0.39 is 44.1 Å². The van der Waals surface area contributed by atoms with E-state index >= 15 is 0 Å². The Labute approximate surface area is 250 Å². The van der Waals surface area contributed by atoms with Gasteiger partial charge in [-0.1, -0.05) is 12.1 Å². The zero-order valence-electron chi connectivity index (χ0n) is 24.1. The molecule has 1 unspecified atom stereocenters. The van der Waals surface area contributed by atoms with Crippen LogP contribution >= 0.6 is 7.82 Å². The van der Waals surface area contributed by atoms with E-state index in [0.29, 0.717) is 12.2 Å². The zero-order valence-corrected chi connectivity index (χ0v) is 25.0. The molecule has 2 aromatic heterocycles. The van der Waals surface area contributed by atoms with Crippen LogP contribution in [-0.4, -0.2) is 95.1 Å². The van der Waals surface area contributed by atoms with Gasteiger partial charge in [-0.3, -0.25) is 28.0 Å². The van der Waals surface area contributed by atoms with Crippen LogP contribution < -0.4 is 21.5 Å². The van der Waals surface area contributed by atoms with Gasteiger partial charge < -0.3 is 39.9 Å². The number of aromatic amines is 1. The fraction of sp³-hybridized carbons (Fsp3) is 0.440. The third-order valence-corrected chi connectivity index (χ3v) is 6.56. The Hall–Kier alpha value is -4.35. The number of imidazole rings is 1. The predicted molar refractivity (Wildman–Crippen MR) is 152 cm³/mol. The van der Waals surface area contributed by atoms with Gasteiger partial charge in [-0.15, -0.1) is 0 Å². The highest BCUT2D eigenvalue weighted by Crippen LogP contribution is 2.43. The minimum absolute atomic E-state index is 0.00892. The first-order chi connectivity index (χ1) is 20.9. The number of nitrogen functional groups attached to an aromatic ring is 1. The van der Waals surface area contributed by atoms with Crippen molar-refractivity contribution in [1.29, 1.82) is 0 Å². The number of ether oxygens (including phenoxy) is 4. The number of benzene rings is 1. The normalized spacial score (nSPS) is 13.2. The summed E-state index contributed by atoms with van der Waals surface area (Å²) < 4.78 is 43.0. The Morgan fingerprint density at radius 3 is 2.45 bits per heavy atom. The number of methoxy groups -OCH3 is 1. The van der Waals surface area contributed by atoms with Gasteiger partial charge in [0.15, 0.2) is 17.6 Å². The molecule has 44 heavy (non-hydrogen) atoms. The maximum Gasteiger partial charge on any atom is 0.472 e. The predicted octanol–water partition coefficient (Wildman–Crippen LogP) is 0.134. The second-order valence-corrected chi connectivity index (χ2v) is 10.5.